The Labute approximate surface area is 183 Å². The summed E-state index contributed by atoms with van der Waals surface area (Å²) in [5.41, 5.74) is 2.80. The average Bonchev–Trinajstić information content (AvgIpc) is 3.32. The summed E-state index contributed by atoms with van der Waals surface area (Å²) in [6.07, 6.45) is 3.28. The van der Waals surface area contributed by atoms with E-state index in [1.807, 2.05) is 19.9 Å². The summed E-state index contributed by atoms with van der Waals surface area (Å²) in [6, 6.07) is 11.8. The highest BCUT2D eigenvalue weighted by atomic mass is 35.5. The second-order valence-electron chi connectivity index (χ2n) is 7.06. The number of hydrogen-bond acceptors (Lipinski definition) is 5. The van der Waals surface area contributed by atoms with E-state index < -0.39 is 5.91 Å². The number of benzene rings is 1. The maximum Gasteiger partial charge on any atom is 0.275 e. The summed E-state index contributed by atoms with van der Waals surface area (Å²) in [7, 11) is 1.76. The lowest BCUT2D eigenvalue weighted by molar-refractivity contribution is 0.101. The first-order valence-corrected chi connectivity index (χ1v) is 9.85. The van der Waals surface area contributed by atoms with E-state index in [-0.39, 0.29) is 16.5 Å². The van der Waals surface area contributed by atoms with Crippen LogP contribution in [-0.2, 0) is 7.05 Å². The predicted molar refractivity (Wildman–Crippen MR) is 117 cm³/mol. The molecule has 1 N–H and O–H groups in total. The van der Waals surface area contributed by atoms with E-state index in [9.17, 15) is 9.59 Å². The number of pyridine rings is 1. The van der Waals surface area contributed by atoms with Crippen LogP contribution in [0.1, 0.15) is 38.1 Å². The number of ketones is 1. The molecule has 0 unspecified atom stereocenters. The Morgan fingerprint density at radius 2 is 1.81 bits per heavy atom. The molecule has 0 saturated carbocycles. The third kappa shape index (κ3) is 4.10. The third-order valence-electron chi connectivity index (χ3n) is 4.70. The molecule has 156 valence electrons. The topological polar surface area (TPSA) is 94.7 Å². The zero-order valence-electron chi connectivity index (χ0n) is 17.1. The van der Waals surface area contributed by atoms with Gasteiger partial charge in [-0.3, -0.25) is 9.59 Å². The molecule has 9 heteroatoms. The molecule has 1 aromatic carbocycles. The Bertz CT molecular complexity index is 1290. The first-order chi connectivity index (χ1) is 14.8. The molecular weight excluding hydrogens is 416 g/mol. The highest BCUT2D eigenvalue weighted by Gasteiger charge is 2.17. The highest BCUT2D eigenvalue weighted by molar-refractivity contribution is 6.34. The average molecular weight is 435 g/mol. The van der Waals surface area contributed by atoms with Crippen molar-refractivity contribution >= 4 is 29.0 Å². The molecular formula is C22H19ClN6O2. The molecule has 0 aliphatic heterocycles. The number of aromatic nitrogens is 5. The maximum absolute atomic E-state index is 12.8. The minimum Gasteiger partial charge on any atom is -0.331 e. The molecule has 0 aliphatic carbocycles. The van der Waals surface area contributed by atoms with Gasteiger partial charge in [0, 0.05) is 36.4 Å². The first kappa shape index (κ1) is 20.5. The highest BCUT2D eigenvalue weighted by Crippen LogP contribution is 2.20. The van der Waals surface area contributed by atoms with Crippen molar-refractivity contribution < 1.29 is 9.59 Å². The number of halogens is 1. The van der Waals surface area contributed by atoms with Crippen LogP contribution in [0.5, 0.6) is 0 Å². The molecule has 0 atom stereocenters. The van der Waals surface area contributed by atoms with Gasteiger partial charge in [0.15, 0.2) is 11.6 Å². The number of aryl methyl sites for hydroxylation is 3. The van der Waals surface area contributed by atoms with E-state index >= 15 is 0 Å². The number of anilines is 1. The molecule has 0 radical (unpaired) electrons. The maximum atomic E-state index is 12.8. The fourth-order valence-electron chi connectivity index (χ4n) is 3.18. The van der Waals surface area contributed by atoms with Gasteiger partial charge in [-0.05, 0) is 56.3 Å². The van der Waals surface area contributed by atoms with Crippen molar-refractivity contribution in [2.75, 3.05) is 5.32 Å². The lowest BCUT2D eigenvalue weighted by Crippen LogP contribution is -2.16. The Morgan fingerprint density at radius 3 is 2.42 bits per heavy atom. The number of nitrogens with one attached hydrogen (secondary N) is 1. The van der Waals surface area contributed by atoms with E-state index in [2.05, 4.69) is 20.4 Å². The van der Waals surface area contributed by atoms with Gasteiger partial charge in [0.25, 0.3) is 5.91 Å². The van der Waals surface area contributed by atoms with Crippen molar-refractivity contribution in [3.63, 3.8) is 0 Å². The van der Waals surface area contributed by atoms with Gasteiger partial charge >= 0.3 is 0 Å². The second-order valence-corrected chi connectivity index (χ2v) is 7.47. The molecule has 8 nitrogen and oxygen atoms in total. The van der Waals surface area contributed by atoms with Crippen molar-refractivity contribution in [3.8, 4) is 5.82 Å². The van der Waals surface area contributed by atoms with Gasteiger partial charge < -0.3 is 9.88 Å². The number of rotatable bonds is 5. The van der Waals surface area contributed by atoms with Crippen LogP contribution >= 0.6 is 11.6 Å². The van der Waals surface area contributed by atoms with Crippen LogP contribution in [0.25, 0.3) is 5.82 Å². The summed E-state index contributed by atoms with van der Waals surface area (Å²) in [5, 5.41) is 7.38. The number of amides is 1. The predicted octanol–water partition coefficient (Wildman–Crippen LogP) is 3.75. The van der Waals surface area contributed by atoms with Crippen LogP contribution in [0.15, 0.2) is 54.9 Å². The third-order valence-corrected chi connectivity index (χ3v) is 5.01. The Morgan fingerprint density at radius 1 is 1.06 bits per heavy atom. The van der Waals surface area contributed by atoms with E-state index in [1.165, 1.54) is 0 Å². The molecule has 0 bridgehead atoms. The SMILES string of the molecule is Cc1cc(C)n(-c2ccc(Cl)c(C(=O)Nc3ccc(C(=O)c4nccn4C)cc3)n2)n1. The number of hydrogen-bond donors (Lipinski definition) is 1. The van der Waals surface area contributed by atoms with Crippen LogP contribution in [0.4, 0.5) is 5.69 Å². The quantitative estimate of drug-likeness (QED) is 0.482. The number of carbonyl (C=O) groups is 2. The summed E-state index contributed by atoms with van der Waals surface area (Å²) >= 11 is 6.22. The van der Waals surface area contributed by atoms with E-state index in [0.717, 1.165) is 11.4 Å². The second kappa shape index (κ2) is 8.16. The van der Waals surface area contributed by atoms with Gasteiger partial charge in [-0.25, -0.2) is 14.6 Å². The van der Waals surface area contributed by atoms with E-state index in [4.69, 9.17) is 11.6 Å². The largest absolute Gasteiger partial charge is 0.331 e. The fraction of sp³-hybridized carbons (Fsp3) is 0.136. The van der Waals surface area contributed by atoms with Crippen molar-refractivity contribution in [1.29, 1.82) is 0 Å². The summed E-state index contributed by atoms with van der Waals surface area (Å²) in [6.45, 7) is 3.79. The molecule has 0 aliphatic rings. The zero-order valence-corrected chi connectivity index (χ0v) is 17.9. The van der Waals surface area contributed by atoms with E-state index in [1.54, 1.807) is 65.1 Å². The molecule has 4 aromatic rings. The Kier molecular flexibility index (Phi) is 5.39. The van der Waals surface area contributed by atoms with Crippen LogP contribution in [-0.4, -0.2) is 36.0 Å². The van der Waals surface area contributed by atoms with E-state index in [0.29, 0.717) is 22.9 Å². The van der Waals surface area contributed by atoms with Crippen LogP contribution in [0.2, 0.25) is 5.02 Å². The zero-order chi connectivity index (χ0) is 22.1. The van der Waals surface area contributed by atoms with Gasteiger partial charge in [-0.15, -0.1) is 0 Å². The number of carbonyl (C=O) groups excluding carboxylic acids is 2. The molecule has 0 spiro atoms. The summed E-state index contributed by atoms with van der Waals surface area (Å²) in [5.74, 6) is 0.175. The molecule has 31 heavy (non-hydrogen) atoms. The van der Waals surface area contributed by atoms with Gasteiger partial charge in [0.1, 0.15) is 5.69 Å². The molecule has 0 saturated heterocycles. The van der Waals surface area contributed by atoms with Crippen LogP contribution in [0, 0.1) is 13.8 Å². The fourth-order valence-corrected chi connectivity index (χ4v) is 3.37. The Balaban J connectivity index is 1.54. The van der Waals surface area contributed by atoms with Gasteiger partial charge in [0.05, 0.1) is 10.7 Å². The van der Waals surface area contributed by atoms with Crippen molar-refractivity contribution in [3.05, 3.63) is 88.4 Å². The standard InChI is InChI=1S/C22H19ClN6O2/c1-13-12-14(2)29(27-13)18-9-8-17(23)19(26-18)22(31)25-16-6-4-15(5-7-16)20(30)21-24-10-11-28(21)3/h4-12H,1-3H3,(H,25,31). The number of imidazole rings is 1. The molecule has 3 heterocycles. The molecule has 1 amide bonds. The monoisotopic (exact) mass is 434 g/mol. The molecule has 3 aromatic heterocycles. The minimum absolute atomic E-state index is 0.0832. The lowest BCUT2D eigenvalue weighted by Gasteiger charge is -2.09. The summed E-state index contributed by atoms with van der Waals surface area (Å²) in [4.78, 5) is 33.8. The van der Waals surface area contributed by atoms with Gasteiger partial charge in [-0.2, -0.15) is 5.10 Å². The van der Waals surface area contributed by atoms with Crippen LogP contribution < -0.4 is 5.32 Å². The van der Waals surface area contributed by atoms with Crippen LogP contribution in [0.3, 0.4) is 0 Å². The Hall–Kier alpha value is -3.78. The van der Waals surface area contributed by atoms with Gasteiger partial charge in [-0.1, -0.05) is 11.6 Å². The summed E-state index contributed by atoms with van der Waals surface area (Å²) < 4.78 is 3.31. The lowest BCUT2D eigenvalue weighted by atomic mass is 10.1. The molecule has 4 rings (SSSR count). The smallest absolute Gasteiger partial charge is 0.275 e. The normalized spacial score (nSPS) is 10.8. The molecule has 0 fully saturated rings. The first-order valence-electron chi connectivity index (χ1n) is 9.47. The van der Waals surface area contributed by atoms with Crippen molar-refractivity contribution in [1.82, 2.24) is 24.3 Å². The number of nitrogens with zero attached hydrogens (tertiary/aromatic N) is 5. The minimum atomic E-state index is -0.462. The van der Waals surface area contributed by atoms with Crippen molar-refractivity contribution in [2.24, 2.45) is 7.05 Å². The van der Waals surface area contributed by atoms with Gasteiger partial charge in [0.2, 0.25) is 5.78 Å². The van der Waals surface area contributed by atoms with Crippen molar-refractivity contribution in [2.45, 2.75) is 13.8 Å².